The second kappa shape index (κ2) is 12.2. The second-order valence-corrected chi connectivity index (χ2v) is 16.9. The molecule has 13 rings (SSSR count). The molecule has 0 spiro atoms. The molecule has 0 saturated carbocycles. The van der Waals surface area contributed by atoms with Gasteiger partial charge in [0, 0.05) is 37.7 Å². The van der Waals surface area contributed by atoms with Crippen LogP contribution in [0.5, 0.6) is 0 Å². The van der Waals surface area contributed by atoms with Gasteiger partial charge in [-0.1, -0.05) is 117 Å². The molecule has 3 nitrogen and oxygen atoms in total. The third-order valence-corrected chi connectivity index (χ3v) is 13.1. The van der Waals surface area contributed by atoms with E-state index in [-0.39, 0.29) is 5.41 Å². The summed E-state index contributed by atoms with van der Waals surface area (Å²) in [5.74, 6) is 0. The van der Waals surface area contributed by atoms with Crippen LogP contribution in [0, 0.1) is 0 Å². The Morgan fingerprint density at radius 1 is 0.267 bits per heavy atom. The van der Waals surface area contributed by atoms with Gasteiger partial charge in [-0.2, -0.15) is 0 Å². The lowest BCUT2D eigenvalue weighted by molar-refractivity contribution is 0.658. The first kappa shape index (κ1) is 33.4. The van der Waals surface area contributed by atoms with E-state index in [4.69, 9.17) is 13.3 Å². The Morgan fingerprint density at radius 2 is 0.600 bits per heavy atom. The normalized spacial score (nSPS) is 13.3. The molecule has 0 fully saturated rings. The van der Waals surface area contributed by atoms with E-state index in [2.05, 4.69) is 196 Å². The average molecular weight is 769 g/mol. The number of furan rings is 3. The summed E-state index contributed by atoms with van der Waals surface area (Å²) >= 11 is 0. The molecule has 9 aromatic carbocycles. The first-order valence-electron chi connectivity index (χ1n) is 20.6. The van der Waals surface area contributed by atoms with Crippen LogP contribution in [0.25, 0.3) is 121 Å². The van der Waals surface area contributed by atoms with Crippen molar-refractivity contribution >= 4 is 65.8 Å². The van der Waals surface area contributed by atoms with E-state index < -0.39 is 0 Å². The Labute approximate surface area is 345 Å². The van der Waals surface area contributed by atoms with Gasteiger partial charge in [-0.3, -0.25) is 0 Å². The average Bonchev–Trinajstić information content (AvgIpc) is 4.02. The molecule has 3 aromatic heterocycles. The first-order chi connectivity index (χ1) is 29.4. The summed E-state index contributed by atoms with van der Waals surface area (Å²) in [7, 11) is 0. The van der Waals surface area contributed by atoms with E-state index in [0.29, 0.717) is 0 Å². The predicted molar refractivity (Wildman–Crippen MR) is 248 cm³/mol. The monoisotopic (exact) mass is 768 g/mol. The van der Waals surface area contributed by atoms with Crippen LogP contribution >= 0.6 is 0 Å². The molecule has 0 N–H and O–H groups in total. The van der Waals surface area contributed by atoms with Crippen molar-refractivity contribution in [3.8, 4) is 55.6 Å². The highest BCUT2D eigenvalue weighted by Gasteiger charge is 2.36. The van der Waals surface area contributed by atoms with Gasteiger partial charge in [0.1, 0.15) is 33.5 Å². The van der Waals surface area contributed by atoms with Crippen molar-refractivity contribution in [2.75, 3.05) is 0 Å². The van der Waals surface area contributed by atoms with Crippen molar-refractivity contribution in [1.82, 2.24) is 0 Å². The minimum atomic E-state index is -0.209. The zero-order valence-corrected chi connectivity index (χ0v) is 33.0. The highest BCUT2D eigenvalue weighted by atomic mass is 16.3. The van der Waals surface area contributed by atoms with E-state index >= 15 is 0 Å². The zero-order chi connectivity index (χ0) is 39.7. The third kappa shape index (κ3) is 4.90. The third-order valence-electron chi connectivity index (χ3n) is 13.1. The van der Waals surface area contributed by atoms with Crippen LogP contribution in [-0.4, -0.2) is 0 Å². The van der Waals surface area contributed by atoms with E-state index in [9.17, 15) is 0 Å². The number of benzene rings is 9. The highest BCUT2D eigenvalue weighted by molar-refractivity contribution is 6.11. The maximum Gasteiger partial charge on any atom is 0.136 e. The van der Waals surface area contributed by atoms with Crippen molar-refractivity contribution in [1.29, 1.82) is 0 Å². The van der Waals surface area contributed by atoms with Crippen molar-refractivity contribution in [3.63, 3.8) is 0 Å². The van der Waals surface area contributed by atoms with E-state index in [0.717, 1.165) is 76.9 Å². The van der Waals surface area contributed by atoms with Crippen LogP contribution in [0.3, 0.4) is 0 Å². The Morgan fingerprint density at radius 3 is 1.03 bits per heavy atom. The molecule has 3 heteroatoms. The molecule has 60 heavy (non-hydrogen) atoms. The van der Waals surface area contributed by atoms with Crippen LogP contribution in [0.4, 0.5) is 0 Å². The molecule has 0 saturated heterocycles. The van der Waals surface area contributed by atoms with Crippen LogP contribution in [0.1, 0.15) is 25.0 Å². The van der Waals surface area contributed by atoms with Gasteiger partial charge in [0.25, 0.3) is 0 Å². The number of rotatable bonds is 4. The summed E-state index contributed by atoms with van der Waals surface area (Å²) in [6.45, 7) is 4.71. The highest BCUT2D eigenvalue weighted by Crippen LogP contribution is 2.52. The van der Waals surface area contributed by atoms with E-state index in [1.165, 1.54) is 55.6 Å². The van der Waals surface area contributed by atoms with Gasteiger partial charge in [0.05, 0.1) is 0 Å². The smallest absolute Gasteiger partial charge is 0.136 e. The maximum atomic E-state index is 6.60. The molecule has 0 aliphatic heterocycles. The summed E-state index contributed by atoms with van der Waals surface area (Å²) in [5.41, 5.74) is 19.8. The summed E-state index contributed by atoms with van der Waals surface area (Å²) in [6, 6.07) is 65.3. The fourth-order valence-corrected chi connectivity index (χ4v) is 9.90. The lowest BCUT2D eigenvalue weighted by Gasteiger charge is -2.22. The molecule has 0 amide bonds. The van der Waals surface area contributed by atoms with Crippen molar-refractivity contribution in [2.45, 2.75) is 19.3 Å². The SMILES string of the molecule is CC1(C)c2cc(-c3ccc4oc5ccc(-c6ccccc6)cc5c4c3)ccc2-c2cc3oc4ccc(-c5ccc6oc7ccc(-c8ccccc8)cc7c6c5)cc4c3cc21. The van der Waals surface area contributed by atoms with Crippen LogP contribution in [0.15, 0.2) is 195 Å². The lowest BCUT2D eigenvalue weighted by Crippen LogP contribution is -2.15. The van der Waals surface area contributed by atoms with E-state index in [1.54, 1.807) is 0 Å². The predicted octanol–water partition coefficient (Wildman–Crippen LogP) is 16.4. The molecule has 0 bridgehead atoms. The molecule has 282 valence electrons. The molecule has 1 aliphatic rings. The number of hydrogen-bond acceptors (Lipinski definition) is 3. The molecule has 12 aromatic rings. The van der Waals surface area contributed by atoms with Crippen molar-refractivity contribution in [2.24, 2.45) is 0 Å². The molecular weight excluding hydrogens is 733 g/mol. The van der Waals surface area contributed by atoms with Gasteiger partial charge >= 0.3 is 0 Å². The molecule has 0 atom stereocenters. The Kier molecular flexibility index (Phi) is 6.78. The Balaban J connectivity index is 0.878. The topological polar surface area (TPSA) is 39.4 Å². The number of fused-ring (bicyclic) bond motifs is 12. The summed E-state index contributed by atoms with van der Waals surface area (Å²) in [4.78, 5) is 0. The van der Waals surface area contributed by atoms with Crippen molar-refractivity contribution < 1.29 is 13.3 Å². The summed E-state index contributed by atoms with van der Waals surface area (Å²) in [6.07, 6.45) is 0. The minimum Gasteiger partial charge on any atom is -0.456 e. The molecule has 0 unspecified atom stereocenters. The molecular formula is C57H36O3. The van der Waals surface area contributed by atoms with Crippen LogP contribution in [0.2, 0.25) is 0 Å². The van der Waals surface area contributed by atoms with E-state index in [1.807, 2.05) is 0 Å². The Bertz CT molecular complexity index is 3730. The molecule has 1 aliphatic carbocycles. The van der Waals surface area contributed by atoms with Crippen molar-refractivity contribution in [3.05, 3.63) is 193 Å². The van der Waals surface area contributed by atoms with Gasteiger partial charge < -0.3 is 13.3 Å². The second-order valence-electron chi connectivity index (χ2n) is 16.9. The molecule has 0 radical (unpaired) electrons. The first-order valence-corrected chi connectivity index (χ1v) is 20.6. The van der Waals surface area contributed by atoms with Gasteiger partial charge in [-0.15, -0.1) is 0 Å². The van der Waals surface area contributed by atoms with Crippen LogP contribution < -0.4 is 0 Å². The largest absolute Gasteiger partial charge is 0.456 e. The quantitative estimate of drug-likeness (QED) is 0.179. The minimum absolute atomic E-state index is 0.209. The van der Waals surface area contributed by atoms with Gasteiger partial charge in [0.2, 0.25) is 0 Å². The lowest BCUT2D eigenvalue weighted by atomic mass is 9.81. The van der Waals surface area contributed by atoms with Gasteiger partial charge in [0.15, 0.2) is 0 Å². The van der Waals surface area contributed by atoms with Gasteiger partial charge in [-0.25, -0.2) is 0 Å². The maximum absolute atomic E-state index is 6.60. The van der Waals surface area contributed by atoms with Gasteiger partial charge in [-0.05, 0) is 146 Å². The summed E-state index contributed by atoms with van der Waals surface area (Å²) < 4.78 is 19.2. The van der Waals surface area contributed by atoms with Crippen LogP contribution in [-0.2, 0) is 5.41 Å². The fourth-order valence-electron chi connectivity index (χ4n) is 9.90. The Hall–Kier alpha value is -7.62. The zero-order valence-electron chi connectivity index (χ0n) is 33.0. The standard InChI is InChI=1S/C57H36O3/c1-57(2)49-30-40(39-18-23-54-46(29-39)44-26-36(15-21-52(44)59-54)34-11-7-4-8-12-34)13-19-41(49)42-32-56-48(31-50(42)57)47-28-38(17-24-55(47)60-56)37-16-22-53-45(27-37)43-25-35(14-20-51(43)58-53)33-9-5-3-6-10-33/h3-32H,1-2H3. The number of hydrogen-bond donors (Lipinski definition) is 0. The summed E-state index contributed by atoms with van der Waals surface area (Å²) in [5, 5.41) is 6.76. The fraction of sp³-hybridized carbons (Fsp3) is 0.0526. The molecule has 3 heterocycles.